The predicted molar refractivity (Wildman–Crippen MR) is 181 cm³/mol. The lowest BCUT2D eigenvalue weighted by Crippen LogP contribution is -3.06. The van der Waals surface area contributed by atoms with Crippen molar-refractivity contribution >= 4 is 11.1 Å². The van der Waals surface area contributed by atoms with Crippen molar-refractivity contribution in [2.75, 3.05) is 0 Å². The van der Waals surface area contributed by atoms with E-state index >= 15 is 0 Å². The molecule has 0 N–H and O–H groups in total. The summed E-state index contributed by atoms with van der Waals surface area (Å²) in [6, 6.07) is 42.3. The molecule has 6 saturated carbocycles. The van der Waals surface area contributed by atoms with E-state index in [2.05, 4.69) is 60.7 Å². The van der Waals surface area contributed by atoms with Crippen LogP contribution in [0.3, 0.4) is 0 Å². The third kappa shape index (κ3) is 2.85. The SMILES string of the molecule is c1ccc(-c2nc(-c3ccccc3)nc(-c3cccc(-c4ccc(-c5cccc(C67C8C9C%10C8C6C%10C97)c5)c5ncoc45)c3)n2)cc1. The molecule has 2 aromatic heterocycles. The van der Waals surface area contributed by atoms with E-state index < -0.39 is 0 Å². The number of benzene rings is 5. The van der Waals surface area contributed by atoms with Gasteiger partial charge in [0.1, 0.15) is 5.52 Å². The smallest absolute Gasteiger partial charge is 0.182 e. The number of nitrogens with zero attached hydrogens (tertiary/aromatic N) is 4. The Morgan fingerprint density at radius 3 is 1.66 bits per heavy atom. The van der Waals surface area contributed by atoms with Crippen LogP contribution in [0, 0.1) is 41.4 Å². The second kappa shape index (κ2) is 8.48. The van der Waals surface area contributed by atoms with Crippen molar-refractivity contribution in [1.29, 1.82) is 0 Å². The van der Waals surface area contributed by atoms with Crippen LogP contribution in [-0.4, -0.2) is 19.9 Å². The lowest BCUT2D eigenvalue weighted by atomic mass is 8.96. The largest absolute Gasteiger partial charge is 0.443 e. The lowest BCUT2D eigenvalue weighted by Gasteiger charge is -3.08. The first-order valence-electron chi connectivity index (χ1n) is 16.8. The molecule has 0 unspecified atom stereocenters. The van der Waals surface area contributed by atoms with Crippen molar-refractivity contribution in [2.45, 2.75) is 5.41 Å². The molecular weight excluding hydrogens is 576 g/mol. The standard InChI is InChI=1S/C42H28N4O/c1-3-9-22(10-4-1)39-44-40(23-11-5-2-6-12-23)46-41(45-39)26-15-7-13-24(19-26)29-18-17-28(37-38(29)47-21-43-37)25-14-8-16-27(20-25)42-34-31-30-32(34)36(42)33(30)35(31)42/h1-21,30-36H. The van der Waals surface area contributed by atoms with Gasteiger partial charge in [0.25, 0.3) is 0 Å². The molecule has 5 nitrogen and oxygen atoms in total. The Labute approximate surface area is 271 Å². The maximum absolute atomic E-state index is 6.12. The molecule has 2 heterocycles. The quantitative estimate of drug-likeness (QED) is 0.190. The number of aromatic nitrogens is 4. The summed E-state index contributed by atoms with van der Waals surface area (Å²) in [5.41, 5.74) is 11.0. The van der Waals surface area contributed by atoms with Crippen molar-refractivity contribution in [1.82, 2.24) is 19.9 Å². The zero-order valence-corrected chi connectivity index (χ0v) is 25.4. The van der Waals surface area contributed by atoms with Gasteiger partial charge in [-0.1, -0.05) is 109 Å². The highest BCUT2D eigenvalue weighted by Gasteiger charge is 3.04. The molecule has 0 aliphatic heterocycles. The number of oxazole rings is 1. The van der Waals surface area contributed by atoms with E-state index in [1.807, 2.05) is 60.7 Å². The summed E-state index contributed by atoms with van der Waals surface area (Å²) >= 11 is 0. The molecule has 5 heteroatoms. The average molecular weight is 605 g/mol. The molecule has 0 saturated heterocycles. The monoisotopic (exact) mass is 604 g/mol. The van der Waals surface area contributed by atoms with Gasteiger partial charge < -0.3 is 4.42 Å². The fourth-order valence-corrected chi connectivity index (χ4v) is 11.1. The van der Waals surface area contributed by atoms with Crippen LogP contribution < -0.4 is 0 Å². The maximum Gasteiger partial charge on any atom is 0.182 e. The second-order valence-corrected chi connectivity index (χ2v) is 14.2. The van der Waals surface area contributed by atoms with E-state index in [4.69, 9.17) is 24.4 Å². The zero-order chi connectivity index (χ0) is 30.4. The van der Waals surface area contributed by atoms with E-state index in [-0.39, 0.29) is 0 Å². The van der Waals surface area contributed by atoms with Gasteiger partial charge in [-0.05, 0) is 70.2 Å². The number of rotatable bonds is 6. The summed E-state index contributed by atoms with van der Waals surface area (Å²) in [7, 11) is 0. The van der Waals surface area contributed by atoms with Gasteiger partial charge in [0.15, 0.2) is 29.4 Å². The number of hydrogen-bond donors (Lipinski definition) is 0. The van der Waals surface area contributed by atoms with E-state index in [1.165, 1.54) is 5.56 Å². The van der Waals surface area contributed by atoms with Crippen LogP contribution in [0.5, 0.6) is 0 Å². The van der Waals surface area contributed by atoms with Gasteiger partial charge in [0.05, 0.1) is 0 Å². The van der Waals surface area contributed by atoms with Crippen LogP contribution in [0.4, 0.5) is 0 Å². The maximum atomic E-state index is 6.12. The molecule has 5 aromatic carbocycles. The molecule has 6 aliphatic carbocycles. The van der Waals surface area contributed by atoms with Gasteiger partial charge in [0.2, 0.25) is 0 Å². The highest BCUT2D eigenvalue weighted by atomic mass is 16.3. The Kier molecular flexibility index (Phi) is 4.47. The van der Waals surface area contributed by atoms with Crippen molar-refractivity contribution in [3.8, 4) is 56.4 Å². The molecule has 13 rings (SSSR count). The van der Waals surface area contributed by atoms with E-state index in [9.17, 15) is 0 Å². The van der Waals surface area contributed by atoms with Crippen LogP contribution in [0.25, 0.3) is 67.5 Å². The fraction of sp³-hybridized carbons (Fsp3) is 0.190. The first-order chi connectivity index (χ1) is 23.3. The minimum atomic E-state index is 0.518. The second-order valence-electron chi connectivity index (χ2n) is 14.2. The van der Waals surface area contributed by atoms with Crippen LogP contribution in [0.1, 0.15) is 5.56 Å². The Morgan fingerprint density at radius 1 is 0.468 bits per heavy atom. The van der Waals surface area contributed by atoms with Crippen LogP contribution in [0.15, 0.2) is 132 Å². The topological polar surface area (TPSA) is 64.7 Å². The highest BCUT2D eigenvalue weighted by molar-refractivity contribution is 6.00. The molecule has 6 fully saturated rings. The molecule has 0 atom stereocenters. The summed E-state index contributed by atoms with van der Waals surface area (Å²) in [5, 5.41) is 0. The summed E-state index contributed by atoms with van der Waals surface area (Å²) in [4.78, 5) is 19.5. The van der Waals surface area contributed by atoms with Gasteiger partial charge in [-0.3, -0.25) is 0 Å². The van der Waals surface area contributed by atoms with E-state index in [1.54, 1.807) is 12.0 Å². The average Bonchev–Trinajstić information content (AvgIpc) is 3.66. The molecule has 0 spiro atoms. The third-order valence-electron chi connectivity index (χ3n) is 12.8. The fourth-order valence-electron chi connectivity index (χ4n) is 11.1. The molecule has 0 amide bonds. The Hall–Kier alpha value is -5.42. The summed E-state index contributed by atoms with van der Waals surface area (Å²) < 4.78 is 6.12. The minimum Gasteiger partial charge on any atom is -0.443 e. The molecule has 0 radical (unpaired) electrons. The van der Waals surface area contributed by atoms with Crippen molar-refractivity contribution in [2.24, 2.45) is 41.4 Å². The van der Waals surface area contributed by atoms with Gasteiger partial charge >= 0.3 is 0 Å². The Bertz CT molecular complexity index is 2320. The lowest BCUT2D eigenvalue weighted by molar-refractivity contribution is -0.581. The van der Waals surface area contributed by atoms with Gasteiger partial charge in [-0.2, -0.15) is 0 Å². The summed E-state index contributed by atoms with van der Waals surface area (Å²) in [5.74, 6) is 9.23. The molecular formula is C42H28N4O. The summed E-state index contributed by atoms with van der Waals surface area (Å²) in [6.45, 7) is 0. The van der Waals surface area contributed by atoms with Crippen LogP contribution in [-0.2, 0) is 5.41 Å². The molecule has 47 heavy (non-hydrogen) atoms. The number of hydrogen-bond acceptors (Lipinski definition) is 5. The molecule has 222 valence electrons. The minimum absolute atomic E-state index is 0.518. The van der Waals surface area contributed by atoms with E-state index in [0.717, 1.165) is 85.9 Å². The number of fused-ring (bicyclic) bond motifs is 1. The molecule has 7 aromatic rings. The zero-order valence-electron chi connectivity index (χ0n) is 25.4. The van der Waals surface area contributed by atoms with Gasteiger partial charge in [0, 0.05) is 33.2 Å². The van der Waals surface area contributed by atoms with E-state index in [0.29, 0.717) is 22.9 Å². The van der Waals surface area contributed by atoms with Crippen molar-refractivity contribution in [3.63, 3.8) is 0 Å². The Morgan fingerprint density at radius 2 is 1.00 bits per heavy atom. The van der Waals surface area contributed by atoms with Crippen LogP contribution in [0.2, 0.25) is 0 Å². The highest BCUT2D eigenvalue weighted by Crippen LogP contribution is 3.05. The third-order valence-corrected chi connectivity index (χ3v) is 12.8. The van der Waals surface area contributed by atoms with Crippen molar-refractivity contribution in [3.05, 3.63) is 133 Å². The molecule has 0 bridgehead atoms. The van der Waals surface area contributed by atoms with Crippen LogP contribution >= 0.6 is 0 Å². The first kappa shape index (κ1) is 24.8. The van der Waals surface area contributed by atoms with Crippen molar-refractivity contribution < 1.29 is 4.42 Å². The normalized spacial score (nSPS) is 29.6. The first-order valence-corrected chi connectivity index (χ1v) is 16.8. The van der Waals surface area contributed by atoms with Gasteiger partial charge in [-0.15, -0.1) is 0 Å². The molecule has 6 aliphatic rings. The Balaban J connectivity index is 0.938. The predicted octanol–water partition coefficient (Wildman–Crippen LogP) is 8.97. The summed E-state index contributed by atoms with van der Waals surface area (Å²) in [6.07, 6.45) is 1.58. The van der Waals surface area contributed by atoms with Gasteiger partial charge in [-0.25, -0.2) is 19.9 Å².